The minimum Gasteiger partial charge on any atom is -0.481 e. The van der Waals surface area contributed by atoms with Gasteiger partial charge in [0.25, 0.3) is 0 Å². The highest BCUT2D eigenvalue weighted by Gasteiger charge is 2.29. The first-order valence-corrected chi connectivity index (χ1v) is 5.76. The lowest BCUT2D eigenvalue weighted by Crippen LogP contribution is -2.42. The number of carboxylic acids is 1. The van der Waals surface area contributed by atoms with Crippen molar-refractivity contribution in [2.24, 2.45) is 5.92 Å². The van der Waals surface area contributed by atoms with Crippen LogP contribution in [0, 0.1) is 5.92 Å². The molecule has 0 aromatic carbocycles. The minimum absolute atomic E-state index is 0.217. The van der Waals surface area contributed by atoms with E-state index in [0.717, 1.165) is 17.9 Å². The van der Waals surface area contributed by atoms with Gasteiger partial charge in [-0.25, -0.2) is 0 Å². The third-order valence-corrected chi connectivity index (χ3v) is 3.69. The highest BCUT2D eigenvalue weighted by molar-refractivity contribution is 7.99. The van der Waals surface area contributed by atoms with Crippen LogP contribution in [0.5, 0.6) is 0 Å². The number of nitrogens with zero attached hydrogens (tertiary/aromatic N) is 1. The number of hydrogen-bond acceptors (Lipinski definition) is 3. The maximum absolute atomic E-state index is 11.6. The van der Waals surface area contributed by atoms with Crippen LogP contribution in [-0.2, 0) is 9.59 Å². The monoisotopic (exact) mass is 217 g/mol. The fourth-order valence-corrected chi connectivity index (χ4v) is 2.69. The molecule has 0 aromatic rings. The summed E-state index contributed by atoms with van der Waals surface area (Å²) in [6, 6.07) is 0.217. The van der Waals surface area contributed by atoms with E-state index in [1.807, 2.05) is 0 Å². The van der Waals surface area contributed by atoms with Crippen molar-refractivity contribution in [1.29, 1.82) is 0 Å². The first kappa shape index (κ1) is 11.4. The largest absolute Gasteiger partial charge is 0.481 e. The van der Waals surface area contributed by atoms with Crippen molar-refractivity contribution in [3.63, 3.8) is 0 Å². The van der Waals surface area contributed by atoms with E-state index in [0.29, 0.717) is 0 Å². The quantitative estimate of drug-likeness (QED) is 0.706. The number of amides is 1. The van der Waals surface area contributed by atoms with Crippen LogP contribution in [-0.4, -0.2) is 46.5 Å². The lowest BCUT2D eigenvalue weighted by Gasteiger charge is -2.25. The first-order valence-electron chi connectivity index (χ1n) is 4.61. The maximum Gasteiger partial charge on any atom is 0.315 e. The fraction of sp³-hybridized carbons (Fsp3) is 0.778. The lowest BCUT2D eigenvalue weighted by atomic mass is 10.1. The second-order valence-corrected chi connectivity index (χ2v) is 4.68. The number of carboxylic acid groups (broad SMARTS) is 1. The van der Waals surface area contributed by atoms with Crippen molar-refractivity contribution in [2.45, 2.75) is 19.4 Å². The molecule has 1 N–H and O–H groups in total. The third kappa shape index (κ3) is 2.41. The second kappa shape index (κ2) is 4.68. The molecule has 80 valence electrons. The van der Waals surface area contributed by atoms with Crippen molar-refractivity contribution in [1.82, 2.24) is 4.90 Å². The topological polar surface area (TPSA) is 57.6 Å². The molecule has 0 spiro atoms. The number of aliphatic carboxylic acids is 1. The van der Waals surface area contributed by atoms with E-state index in [2.05, 4.69) is 0 Å². The molecule has 1 aliphatic heterocycles. The summed E-state index contributed by atoms with van der Waals surface area (Å²) < 4.78 is 0. The maximum atomic E-state index is 11.6. The molecule has 0 bridgehead atoms. The molecule has 1 rings (SSSR count). The Morgan fingerprint density at radius 3 is 2.64 bits per heavy atom. The van der Waals surface area contributed by atoms with Gasteiger partial charge in [0.1, 0.15) is 5.92 Å². The third-order valence-electron chi connectivity index (χ3n) is 2.54. The van der Waals surface area contributed by atoms with Gasteiger partial charge < -0.3 is 10.0 Å². The standard InChI is InChI=1S/C9H15NO3S/c1-6(9(12)13)8(11)10(2)7-3-4-14-5-7/h6-7H,3-5H2,1-2H3,(H,12,13). The van der Waals surface area contributed by atoms with Crippen LogP contribution in [0.1, 0.15) is 13.3 Å². The Labute approximate surface area is 87.7 Å². The zero-order valence-corrected chi connectivity index (χ0v) is 9.21. The van der Waals surface area contributed by atoms with E-state index in [1.54, 1.807) is 23.7 Å². The molecule has 2 unspecified atom stereocenters. The number of hydrogen-bond donors (Lipinski definition) is 1. The van der Waals surface area contributed by atoms with Crippen LogP contribution in [0.4, 0.5) is 0 Å². The summed E-state index contributed by atoms with van der Waals surface area (Å²) in [7, 11) is 1.69. The van der Waals surface area contributed by atoms with Crippen LogP contribution >= 0.6 is 11.8 Å². The van der Waals surface area contributed by atoms with Crippen LogP contribution in [0.2, 0.25) is 0 Å². The number of thioether (sulfide) groups is 1. The summed E-state index contributed by atoms with van der Waals surface area (Å²) in [5, 5.41) is 8.69. The van der Waals surface area contributed by atoms with Gasteiger partial charge in [0.05, 0.1) is 0 Å². The fourth-order valence-electron chi connectivity index (χ4n) is 1.42. The predicted octanol–water partition coefficient (Wildman–Crippen LogP) is 0.671. The van der Waals surface area contributed by atoms with Crippen LogP contribution < -0.4 is 0 Å². The Balaban J connectivity index is 2.54. The lowest BCUT2D eigenvalue weighted by molar-refractivity contribution is -0.150. The minimum atomic E-state index is -1.05. The zero-order valence-electron chi connectivity index (χ0n) is 8.40. The average Bonchev–Trinajstić information content (AvgIpc) is 2.67. The van der Waals surface area contributed by atoms with Crippen molar-refractivity contribution < 1.29 is 14.7 Å². The SMILES string of the molecule is CC(C(=O)O)C(=O)N(C)C1CCSC1. The summed E-state index contributed by atoms with van der Waals surface area (Å²) in [5.74, 6) is -0.277. The molecular weight excluding hydrogens is 202 g/mol. The molecule has 14 heavy (non-hydrogen) atoms. The van der Waals surface area contributed by atoms with Gasteiger partial charge in [-0.15, -0.1) is 0 Å². The Morgan fingerprint density at radius 2 is 2.21 bits per heavy atom. The summed E-state index contributed by atoms with van der Waals surface area (Å²) >= 11 is 1.81. The van der Waals surface area contributed by atoms with Crippen LogP contribution in [0.25, 0.3) is 0 Å². The predicted molar refractivity (Wildman–Crippen MR) is 55.3 cm³/mol. The molecule has 1 fully saturated rings. The van der Waals surface area contributed by atoms with Gasteiger partial charge in [0.15, 0.2) is 0 Å². The summed E-state index contributed by atoms with van der Waals surface area (Å²) in [5.41, 5.74) is 0. The average molecular weight is 217 g/mol. The van der Waals surface area contributed by atoms with Crippen molar-refractivity contribution in [2.75, 3.05) is 18.6 Å². The molecule has 1 aliphatic rings. The molecule has 2 atom stereocenters. The van der Waals surface area contributed by atoms with Crippen LogP contribution in [0.3, 0.4) is 0 Å². The van der Waals surface area contributed by atoms with E-state index in [-0.39, 0.29) is 11.9 Å². The van der Waals surface area contributed by atoms with Crippen LogP contribution in [0.15, 0.2) is 0 Å². The Kier molecular flexibility index (Phi) is 3.80. The molecule has 1 heterocycles. The number of carbonyl (C=O) groups is 2. The van der Waals surface area contributed by atoms with E-state index in [9.17, 15) is 9.59 Å². The van der Waals surface area contributed by atoms with Crippen molar-refractivity contribution >= 4 is 23.6 Å². The molecule has 0 saturated carbocycles. The van der Waals surface area contributed by atoms with E-state index in [4.69, 9.17) is 5.11 Å². The van der Waals surface area contributed by atoms with Gasteiger partial charge in [-0.1, -0.05) is 0 Å². The smallest absolute Gasteiger partial charge is 0.315 e. The van der Waals surface area contributed by atoms with Crippen molar-refractivity contribution in [3.8, 4) is 0 Å². The first-order chi connectivity index (χ1) is 6.54. The molecule has 5 heteroatoms. The summed E-state index contributed by atoms with van der Waals surface area (Å²) in [6.07, 6.45) is 0.971. The second-order valence-electron chi connectivity index (χ2n) is 3.53. The summed E-state index contributed by atoms with van der Waals surface area (Å²) in [4.78, 5) is 23.8. The Bertz CT molecular complexity index is 238. The van der Waals surface area contributed by atoms with Gasteiger partial charge >= 0.3 is 5.97 Å². The molecule has 4 nitrogen and oxygen atoms in total. The highest BCUT2D eigenvalue weighted by Crippen LogP contribution is 2.22. The molecule has 0 aliphatic carbocycles. The van der Waals surface area contributed by atoms with E-state index >= 15 is 0 Å². The summed E-state index contributed by atoms with van der Waals surface area (Å²) in [6.45, 7) is 1.43. The normalized spacial score (nSPS) is 23.1. The van der Waals surface area contributed by atoms with Gasteiger partial charge in [0.2, 0.25) is 5.91 Å². The molecular formula is C9H15NO3S. The van der Waals surface area contributed by atoms with Crippen molar-refractivity contribution in [3.05, 3.63) is 0 Å². The molecule has 1 saturated heterocycles. The van der Waals surface area contributed by atoms with Gasteiger partial charge in [0, 0.05) is 18.8 Å². The Morgan fingerprint density at radius 1 is 1.57 bits per heavy atom. The van der Waals surface area contributed by atoms with Gasteiger partial charge in [-0.05, 0) is 19.1 Å². The van der Waals surface area contributed by atoms with Gasteiger partial charge in [-0.3, -0.25) is 9.59 Å². The molecule has 0 aromatic heterocycles. The molecule has 0 radical (unpaired) electrons. The zero-order chi connectivity index (χ0) is 10.7. The molecule has 1 amide bonds. The number of carbonyl (C=O) groups excluding carboxylic acids is 1. The van der Waals surface area contributed by atoms with E-state index < -0.39 is 11.9 Å². The van der Waals surface area contributed by atoms with Gasteiger partial charge in [-0.2, -0.15) is 11.8 Å². The van der Waals surface area contributed by atoms with E-state index in [1.165, 1.54) is 6.92 Å². The highest BCUT2D eigenvalue weighted by atomic mass is 32.2. The Hall–Kier alpha value is -0.710. The number of rotatable bonds is 3.